The van der Waals surface area contributed by atoms with E-state index in [4.69, 9.17) is 5.41 Å². The topological polar surface area (TPSA) is 33.7 Å². The van der Waals surface area contributed by atoms with Gasteiger partial charge in [-0.2, -0.15) is 0 Å². The molecule has 0 fully saturated rings. The Hall–Kier alpha value is -3.07. The molecular formula is C25H27N3. The number of rotatable bonds is 5. The van der Waals surface area contributed by atoms with Gasteiger partial charge in [0.15, 0.2) is 0 Å². The van der Waals surface area contributed by atoms with E-state index in [1.807, 2.05) is 0 Å². The Kier molecular flexibility index (Phi) is 4.91. The van der Waals surface area contributed by atoms with Crippen molar-refractivity contribution in [3.63, 3.8) is 0 Å². The normalized spacial score (nSPS) is 11.2. The number of nitrogens with one attached hydrogen (secondary N) is 1. The van der Waals surface area contributed by atoms with Gasteiger partial charge in [0.1, 0.15) is 0 Å². The van der Waals surface area contributed by atoms with Crippen LogP contribution in [0.25, 0.3) is 11.0 Å². The second-order valence-electron chi connectivity index (χ2n) is 7.77. The van der Waals surface area contributed by atoms with E-state index in [1.54, 1.807) is 0 Å². The van der Waals surface area contributed by atoms with Gasteiger partial charge in [0.25, 0.3) is 0 Å². The molecule has 1 aromatic heterocycles. The van der Waals surface area contributed by atoms with Crippen LogP contribution < -0.4 is 5.62 Å². The summed E-state index contributed by atoms with van der Waals surface area (Å²) in [5.41, 5.74) is 9.13. The molecule has 142 valence electrons. The fourth-order valence-corrected chi connectivity index (χ4v) is 3.71. The minimum absolute atomic E-state index is 0.563. The number of imidazole rings is 1. The summed E-state index contributed by atoms with van der Waals surface area (Å²) in [5.74, 6) is 0. The van der Waals surface area contributed by atoms with Crippen molar-refractivity contribution in [1.82, 2.24) is 9.13 Å². The lowest BCUT2D eigenvalue weighted by molar-refractivity contribution is 0.621. The third-order valence-corrected chi connectivity index (χ3v) is 5.43. The van der Waals surface area contributed by atoms with E-state index in [2.05, 4.69) is 96.6 Å². The van der Waals surface area contributed by atoms with Crippen LogP contribution in [0.3, 0.4) is 0 Å². The lowest BCUT2D eigenvalue weighted by atomic mass is 10.1. The Labute approximate surface area is 166 Å². The number of hydrogen-bond donors (Lipinski definition) is 1. The fourth-order valence-electron chi connectivity index (χ4n) is 3.71. The van der Waals surface area contributed by atoms with Gasteiger partial charge in [0.05, 0.1) is 17.6 Å². The number of aromatic nitrogens is 2. The first-order valence-corrected chi connectivity index (χ1v) is 9.86. The van der Waals surface area contributed by atoms with Crippen molar-refractivity contribution < 1.29 is 0 Å². The smallest absolute Gasteiger partial charge is 0.203 e. The van der Waals surface area contributed by atoms with Gasteiger partial charge in [-0.05, 0) is 56.0 Å². The summed E-state index contributed by atoms with van der Waals surface area (Å²) in [6, 6.07) is 23.8. The quantitative estimate of drug-likeness (QED) is 0.505. The van der Waals surface area contributed by atoms with Gasteiger partial charge in [-0.3, -0.25) is 5.41 Å². The molecule has 0 aliphatic carbocycles. The molecule has 0 atom stereocenters. The number of fused-ring (bicyclic) bond motifs is 1. The SMILES string of the molecule is Cc1ccc(CCn2c(=N)n(Cc3ccc(C)cc3)c3ccc(C)cc32)cc1. The highest BCUT2D eigenvalue weighted by Crippen LogP contribution is 2.18. The molecule has 0 bridgehead atoms. The third kappa shape index (κ3) is 3.65. The standard InChI is InChI=1S/C25H27N3/c1-18-4-9-21(10-5-18)14-15-27-24-16-20(3)8-13-23(24)28(25(27)26)17-22-11-6-19(2)7-12-22/h4-13,16,26H,14-15,17H2,1-3H3. The monoisotopic (exact) mass is 369 g/mol. The molecule has 0 spiro atoms. The Morgan fingerprint density at radius 2 is 1.21 bits per heavy atom. The van der Waals surface area contributed by atoms with Gasteiger partial charge >= 0.3 is 0 Å². The summed E-state index contributed by atoms with van der Waals surface area (Å²) in [4.78, 5) is 0. The molecule has 0 unspecified atom stereocenters. The zero-order valence-electron chi connectivity index (χ0n) is 16.9. The first-order valence-electron chi connectivity index (χ1n) is 9.86. The lowest BCUT2D eigenvalue weighted by Crippen LogP contribution is -2.25. The maximum atomic E-state index is 8.86. The van der Waals surface area contributed by atoms with Gasteiger partial charge in [-0.1, -0.05) is 65.7 Å². The van der Waals surface area contributed by atoms with Crippen LogP contribution in [-0.4, -0.2) is 9.13 Å². The zero-order valence-corrected chi connectivity index (χ0v) is 16.9. The lowest BCUT2D eigenvalue weighted by Gasteiger charge is -2.06. The molecule has 4 rings (SSSR count). The third-order valence-electron chi connectivity index (χ3n) is 5.43. The summed E-state index contributed by atoms with van der Waals surface area (Å²) >= 11 is 0. The number of hydrogen-bond acceptors (Lipinski definition) is 1. The summed E-state index contributed by atoms with van der Waals surface area (Å²) < 4.78 is 4.27. The van der Waals surface area contributed by atoms with E-state index < -0.39 is 0 Å². The first-order chi connectivity index (χ1) is 13.5. The Morgan fingerprint density at radius 3 is 1.86 bits per heavy atom. The average Bonchev–Trinajstić information content (AvgIpc) is 2.94. The highest BCUT2D eigenvalue weighted by atomic mass is 15.2. The largest absolute Gasteiger partial charge is 0.310 e. The predicted octanol–water partition coefficient (Wildman–Crippen LogP) is 5.14. The molecule has 0 saturated heterocycles. The van der Waals surface area contributed by atoms with Crippen molar-refractivity contribution in [3.8, 4) is 0 Å². The highest BCUT2D eigenvalue weighted by Gasteiger charge is 2.12. The van der Waals surface area contributed by atoms with Crippen molar-refractivity contribution in [1.29, 1.82) is 5.41 Å². The molecular weight excluding hydrogens is 342 g/mol. The minimum atomic E-state index is 0.563. The van der Waals surface area contributed by atoms with Crippen LogP contribution in [0.15, 0.2) is 66.7 Å². The summed E-state index contributed by atoms with van der Waals surface area (Å²) in [6.45, 7) is 7.86. The number of benzene rings is 3. The minimum Gasteiger partial charge on any atom is -0.310 e. The van der Waals surface area contributed by atoms with Crippen LogP contribution >= 0.6 is 0 Å². The average molecular weight is 370 g/mol. The molecule has 3 nitrogen and oxygen atoms in total. The van der Waals surface area contributed by atoms with Crippen LogP contribution in [0.1, 0.15) is 27.8 Å². The molecule has 0 saturated carbocycles. The molecule has 0 radical (unpaired) electrons. The number of aryl methyl sites for hydroxylation is 5. The van der Waals surface area contributed by atoms with E-state index in [9.17, 15) is 0 Å². The maximum Gasteiger partial charge on any atom is 0.203 e. The number of nitrogens with zero attached hydrogens (tertiary/aromatic N) is 2. The second-order valence-corrected chi connectivity index (χ2v) is 7.77. The van der Waals surface area contributed by atoms with E-state index in [0.717, 1.165) is 30.5 Å². The van der Waals surface area contributed by atoms with Crippen LogP contribution in [0, 0.1) is 26.2 Å². The summed E-state index contributed by atoms with van der Waals surface area (Å²) in [7, 11) is 0. The van der Waals surface area contributed by atoms with Gasteiger partial charge in [-0.25, -0.2) is 0 Å². The van der Waals surface area contributed by atoms with Crippen molar-refractivity contribution >= 4 is 11.0 Å². The van der Waals surface area contributed by atoms with Crippen molar-refractivity contribution in [3.05, 3.63) is 100 Å². The molecule has 1 heterocycles. The molecule has 4 aromatic rings. The van der Waals surface area contributed by atoms with Crippen molar-refractivity contribution in [2.75, 3.05) is 0 Å². The molecule has 3 aromatic carbocycles. The second kappa shape index (κ2) is 7.51. The van der Waals surface area contributed by atoms with E-state index in [1.165, 1.54) is 27.8 Å². The van der Waals surface area contributed by atoms with Crippen LogP contribution in [0.5, 0.6) is 0 Å². The fraction of sp³-hybridized carbons (Fsp3) is 0.240. The van der Waals surface area contributed by atoms with Gasteiger partial charge in [0.2, 0.25) is 5.62 Å². The molecule has 0 amide bonds. The molecule has 28 heavy (non-hydrogen) atoms. The van der Waals surface area contributed by atoms with E-state index >= 15 is 0 Å². The van der Waals surface area contributed by atoms with Crippen LogP contribution in [0.4, 0.5) is 0 Å². The summed E-state index contributed by atoms with van der Waals surface area (Å²) in [5, 5.41) is 8.86. The molecule has 0 aliphatic heterocycles. The summed E-state index contributed by atoms with van der Waals surface area (Å²) in [6.07, 6.45) is 0.925. The van der Waals surface area contributed by atoms with Gasteiger partial charge in [0, 0.05) is 6.54 Å². The van der Waals surface area contributed by atoms with E-state index in [0.29, 0.717) is 5.62 Å². The van der Waals surface area contributed by atoms with Crippen molar-refractivity contribution in [2.24, 2.45) is 0 Å². The van der Waals surface area contributed by atoms with Gasteiger partial charge in [-0.15, -0.1) is 0 Å². The predicted molar refractivity (Wildman–Crippen MR) is 116 cm³/mol. The van der Waals surface area contributed by atoms with Gasteiger partial charge < -0.3 is 9.13 Å². The first kappa shape index (κ1) is 18.3. The van der Waals surface area contributed by atoms with Crippen LogP contribution in [0.2, 0.25) is 0 Å². The Balaban J connectivity index is 1.72. The molecule has 1 N–H and O–H groups in total. The van der Waals surface area contributed by atoms with Crippen LogP contribution in [-0.2, 0) is 19.5 Å². The Morgan fingerprint density at radius 1 is 0.643 bits per heavy atom. The Bertz CT molecular complexity index is 1160. The molecule has 3 heteroatoms. The highest BCUT2D eigenvalue weighted by molar-refractivity contribution is 5.77. The maximum absolute atomic E-state index is 8.86. The van der Waals surface area contributed by atoms with E-state index in [-0.39, 0.29) is 0 Å². The zero-order chi connectivity index (χ0) is 19.7. The van der Waals surface area contributed by atoms with Crippen molar-refractivity contribution in [2.45, 2.75) is 40.3 Å². The molecule has 0 aliphatic rings.